The van der Waals surface area contributed by atoms with E-state index in [1.165, 1.54) is 18.2 Å². The van der Waals surface area contributed by atoms with Crippen LogP contribution in [-0.4, -0.2) is 17.9 Å². The quantitative estimate of drug-likeness (QED) is 0.707. The summed E-state index contributed by atoms with van der Waals surface area (Å²) in [6.45, 7) is 0.0327. The van der Waals surface area contributed by atoms with Crippen molar-refractivity contribution in [3.8, 4) is 0 Å². The number of hydrogen-bond acceptors (Lipinski definition) is 3. The van der Waals surface area contributed by atoms with E-state index in [0.29, 0.717) is 11.3 Å². The van der Waals surface area contributed by atoms with Gasteiger partial charge in [0, 0.05) is 17.8 Å². The average molecular weight is 390 g/mol. The molecular formula is C20H21ClFN3O2. The standard InChI is InChI=1S/C20H21ClFN3O2/c21-16-9-8-14(25-20(27)18(23)12-5-3-6-12)10-15(16)19(26)24-11-13-4-1-2-7-17(13)22/h1-2,4,7-10,12,18H,3,5-6,11,23H2,(H,24,26)(H,25,27). The van der Waals surface area contributed by atoms with Crippen molar-refractivity contribution in [3.63, 3.8) is 0 Å². The first-order chi connectivity index (χ1) is 13.0. The summed E-state index contributed by atoms with van der Waals surface area (Å²) < 4.78 is 13.7. The molecule has 2 aromatic carbocycles. The number of hydrogen-bond donors (Lipinski definition) is 3. The van der Waals surface area contributed by atoms with Gasteiger partial charge in [0.2, 0.25) is 5.91 Å². The second-order valence-electron chi connectivity index (χ2n) is 6.67. The van der Waals surface area contributed by atoms with Crippen molar-refractivity contribution in [3.05, 3.63) is 64.4 Å². The zero-order valence-corrected chi connectivity index (χ0v) is 15.4. The van der Waals surface area contributed by atoms with E-state index in [0.717, 1.165) is 19.3 Å². The molecule has 1 atom stereocenters. The van der Waals surface area contributed by atoms with Crippen LogP contribution in [0.3, 0.4) is 0 Å². The summed E-state index contributed by atoms with van der Waals surface area (Å²) in [5, 5.41) is 5.61. The Bertz CT molecular complexity index is 855. The van der Waals surface area contributed by atoms with Gasteiger partial charge in [-0.2, -0.15) is 0 Å². The molecule has 1 saturated carbocycles. The number of rotatable bonds is 6. The van der Waals surface area contributed by atoms with E-state index >= 15 is 0 Å². The summed E-state index contributed by atoms with van der Waals surface area (Å²) >= 11 is 6.11. The zero-order valence-electron chi connectivity index (χ0n) is 14.7. The SMILES string of the molecule is NC(C(=O)Nc1ccc(Cl)c(C(=O)NCc2ccccc2F)c1)C1CCC1. The fourth-order valence-corrected chi connectivity index (χ4v) is 3.13. The molecule has 1 aliphatic rings. The summed E-state index contributed by atoms with van der Waals surface area (Å²) in [5.74, 6) is -0.918. The lowest BCUT2D eigenvalue weighted by atomic mass is 9.80. The number of nitrogens with one attached hydrogen (secondary N) is 2. The van der Waals surface area contributed by atoms with E-state index in [1.807, 2.05) is 0 Å². The molecule has 0 radical (unpaired) electrons. The lowest BCUT2D eigenvalue weighted by Gasteiger charge is -2.30. The average Bonchev–Trinajstić information content (AvgIpc) is 2.60. The van der Waals surface area contributed by atoms with Crippen LogP contribution in [0.5, 0.6) is 0 Å². The van der Waals surface area contributed by atoms with Gasteiger partial charge in [0.25, 0.3) is 5.91 Å². The van der Waals surface area contributed by atoms with Crippen molar-refractivity contribution >= 4 is 29.1 Å². The predicted molar refractivity (Wildman–Crippen MR) is 103 cm³/mol. The van der Waals surface area contributed by atoms with E-state index in [-0.39, 0.29) is 29.0 Å². The van der Waals surface area contributed by atoms with E-state index < -0.39 is 17.8 Å². The Kier molecular flexibility index (Phi) is 6.08. The van der Waals surface area contributed by atoms with Crippen LogP contribution in [0.15, 0.2) is 42.5 Å². The minimum Gasteiger partial charge on any atom is -0.348 e. The Morgan fingerprint density at radius 3 is 2.63 bits per heavy atom. The van der Waals surface area contributed by atoms with Crippen LogP contribution < -0.4 is 16.4 Å². The van der Waals surface area contributed by atoms with Crippen LogP contribution in [-0.2, 0) is 11.3 Å². The summed E-state index contributed by atoms with van der Waals surface area (Å²) in [6, 6.07) is 10.3. The molecule has 5 nitrogen and oxygen atoms in total. The molecule has 1 fully saturated rings. The van der Waals surface area contributed by atoms with Crippen LogP contribution in [0.25, 0.3) is 0 Å². The number of nitrogens with two attached hydrogens (primary N) is 1. The first-order valence-electron chi connectivity index (χ1n) is 8.83. The van der Waals surface area contributed by atoms with Gasteiger partial charge < -0.3 is 16.4 Å². The molecule has 7 heteroatoms. The molecule has 0 heterocycles. The number of anilines is 1. The summed E-state index contributed by atoms with van der Waals surface area (Å²) in [6.07, 6.45) is 3.01. The van der Waals surface area contributed by atoms with Crippen molar-refractivity contribution in [2.45, 2.75) is 31.8 Å². The highest BCUT2D eigenvalue weighted by molar-refractivity contribution is 6.34. The largest absolute Gasteiger partial charge is 0.348 e. The number of carbonyl (C=O) groups excluding carboxylic acids is 2. The molecule has 2 amide bonds. The van der Waals surface area contributed by atoms with Gasteiger partial charge in [-0.1, -0.05) is 36.2 Å². The van der Waals surface area contributed by atoms with Crippen molar-refractivity contribution in [2.24, 2.45) is 11.7 Å². The predicted octanol–water partition coefficient (Wildman–Crippen LogP) is 3.48. The second kappa shape index (κ2) is 8.50. The van der Waals surface area contributed by atoms with E-state index in [1.54, 1.807) is 24.3 Å². The van der Waals surface area contributed by atoms with Crippen LogP contribution in [0.1, 0.15) is 35.2 Å². The van der Waals surface area contributed by atoms with Crippen molar-refractivity contribution in [1.82, 2.24) is 5.32 Å². The molecular weight excluding hydrogens is 369 g/mol. The molecule has 1 unspecified atom stereocenters. The molecule has 142 valence electrons. The van der Waals surface area contributed by atoms with Crippen LogP contribution in [0.2, 0.25) is 5.02 Å². The molecule has 0 saturated heterocycles. The maximum Gasteiger partial charge on any atom is 0.253 e. The van der Waals surface area contributed by atoms with Gasteiger partial charge in [-0.15, -0.1) is 0 Å². The van der Waals surface area contributed by atoms with Crippen molar-refractivity contribution < 1.29 is 14.0 Å². The summed E-state index contributed by atoms with van der Waals surface area (Å²) in [7, 11) is 0. The lowest BCUT2D eigenvalue weighted by Crippen LogP contribution is -2.44. The molecule has 1 aliphatic carbocycles. The third-order valence-corrected chi connectivity index (χ3v) is 5.17. The Hall–Kier alpha value is -2.44. The van der Waals surface area contributed by atoms with Gasteiger partial charge >= 0.3 is 0 Å². The molecule has 27 heavy (non-hydrogen) atoms. The monoisotopic (exact) mass is 389 g/mol. The lowest BCUT2D eigenvalue weighted by molar-refractivity contribution is -0.119. The number of amides is 2. The smallest absolute Gasteiger partial charge is 0.253 e. The number of carbonyl (C=O) groups is 2. The third-order valence-electron chi connectivity index (χ3n) is 4.84. The Balaban J connectivity index is 1.66. The summed E-state index contributed by atoms with van der Waals surface area (Å²) in [4.78, 5) is 24.7. The molecule has 3 rings (SSSR count). The van der Waals surface area contributed by atoms with E-state index in [4.69, 9.17) is 17.3 Å². The highest BCUT2D eigenvalue weighted by atomic mass is 35.5. The fraction of sp³-hybridized carbons (Fsp3) is 0.300. The van der Waals surface area contributed by atoms with Crippen LogP contribution in [0, 0.1) is 11.7 Å². The Labute approximate surface area is 162 Å². The third kappa shape index (κ3) is 4.64. The number of halogens is 2. The van der Waals surface area contributed by atoms with Gasteiger partial charge in [-0.3, -0.25) is 9.59 Å². The van der Waals surface area contributed by atoms with Crippen LogP contribution >= 0.6 is 11.6 Å². The topological polar surface area (TPSA) is 84.2 Å². The molecule has 0 spiro atoms. The van der Waals surface area contributed by atoms with Gasteiger partial charge in [0.1, 0.15) is 5.82 Å². The van der Waals surface area contributed by atoms with E-state index in [2.05, 4.69) is 10.6 Å². The van der Waals surface area contributed by atoms with Crippen molar-refractivity contribution in [2.75, 3.05) is 5.32 Å². The fourth-order valence-electron chi connectivity index (χ4n) is 2.93. The van der Waals surface area contributed by atoms with Gasteiger partial charge in [-0.05, 0) is 43.0 Å². The second-order valence-corrected chi connectivity index (χ2v) is 7.08. The first-order valence-corrected chi connectivity index (χ1v) is 9.21. The normalized spacial score (nSPS) is 14.9. The van der Waals surface area contributed by atoms with Crippen molar-refractivity contribution in [1.29, 1.82) is 0 Å². The molecule has 4 N–H and O–H groups in total. The Morgan fingerprint density at radius 2 is 1.96 bits per heavy atom. The highest BCUT2D eigenvalue weighted by Gasteiger charge is 2.29. The van der Waals surface area contributed by atoms with Gasteiger partial charge in [0.05, 0.1) is 16.6 Å². The van der Waals surface area contributed by atoms with E-state index in [9.17, 15) is 14.0 Å². The number of benzene rings is 2. The molecule has 2 aromatic rings. The molecule has 0 aliphatic heterocycles. The molecule has 0 bridgehead atoms. The first kappa shape index (κ1) is 19.3. The van der Waals surface area contributed by atoms with Gasteiger partial charge in [0.15, 0.2) is 0 Å². The maximum atomic E-state index is 13.7. The summed E-state index contributed by atoms with van der Waals surface area (Å²) in [5.41, 5.74) is 6.98. The maximum absolute atomic E-state index is 13.7. The van der Waals surface area contributed by atoms with Gasteiger partial charge in [-0.25, -0.2) is 4.39 Å². The Morgan fingerprint density at radius 1 is 1.22 bits per heavy atom. The minimum atomic E-state index is -0.562. The zero-order chi connectivity index (χ0) is 19.4. The van der Waals surface area contributed by atoms with Crippen LogP contribution in [0.4, 0.5) is 10.1 Å². The molecule has 0 aromatic heterocycles. The highest BCUT2D eigenvalue weighted by Crippen LogP contribution is 2.29. The minimum absolute atomic E-state index is 0.0327.